The van der Waals surface area contributed by atoms with Crippen LogP contribution in [0.2, 0.25) is 0 Å². The minimum absolute atomic E-state index is 0.160. The van der Waals surface area contributed by atoms with Crippen LogP contribution in [0.4, 0.5) is 4.39 Å². The lowest BCUT2D eigenvalue weighted by molar-refractivity contribution is -0.0575. The van der Waals surface area contributed by atoms with E-state index < -0.39 is 5.60 Å². The molecule has 0 bridgehead atoms. The van der Waals surface area contributed by atoms with Crippen molar-refractivity contribution in [3.63, 3.8) is 0 Å². The van der Waals surface area contributed by atoms with Crippen molar-refractivity contribution < 1.29 is 9.50 Å². The second kappa shape index (κ2) is 4.90. The van der Waals surface area contributed by atoms with Gasteiger partial charge in [-0.2, -0.15) is 0 Å². The summed E-state index contributed by atoms with van der Waals surface area (Å²) >= 11 is 0. The molecule has 1 N–H and O–H groups in total. The minimum Gasteiger partial charge on any atom is -0.390 e. The van der Waals surface area contributed by atoms with Crippen molar-refractivity contribution in [3.8, 4) is 0 Å². The summed E-state index contributed by atoms with van der Waals surface area (Å²) in [4.78, 5) is 0. The summed E-state index contributed by atoms with van der Waals surface area (Å²) < 4.78 is 13.4. The SMILES string of the molecule is Cc1ccc(F)cc1CC1(O)CC(C)CC(C)(C)C1. The second-order valence-electron chi connectivity index (χ2n) is 7.33. The molecule has 1 aliphatic carbocycles. The summed E-state index contributed by atoms with van der Waals surface area (Å²) in [5.41, 5.74) is 1.46. The maximum absolute atomic E-state index is 13.4. The third-order valence-electron chi connectivity index (χ3n) is 4.27. The molecule has 2 unspecified atom stereocenters. The van der Waals surface area contributed by atoms with Crippen molar-refractivity contribution in [1.82, 2.24) is 0 Å². The van der Waals surface area contributed by atoms with Crippen LogP contribution in [0.25, 0.3) is 0 Å². The molecule has 0 spiro atoms. The Labute approximate surface area is 115 Å². The molecule has 0 radical (unpaired) electrons. The molecule has 2 rings (SSSR count). The molecule has 19 heavy (non-hydrogen) atoms. The molecular formula is C17H25FO. The summed E-state index contributed by atoms with van der Waals surface area (Å²) in [5.74, 6) is 0.301. The molecule has 0 aromatic heterocycles. The molecule has 0 saturated heterocycles. The van der Waals surface area contributed by atoms with Crippen LogP contribution in [0.15, 0.2) is 18.2 Å². The predicted octanol–water partition coefficient (Wildman–Crippen LogP) is 4.25. The highest BCUT2D eigenvalue weighted by Crippen LogP contribution is 2.45. The first kappa shape index (κ1) is 14.5. The van der Waals surface area contributed by atoms with Gasteiger partial charge >= 0.3 is 0 Å². The van der Waals surface area contributed by atoms with Gasteiger partial charge in [0, 0.05) is 6.42 Å². The summed E-state index contributed by atoms with van der Waals surface area (Å²) in [6.07, 6.45) is 3.31. The number of benzene rings is 1. The Morgan fingerprint density at radius 2 is 2.00 bits per heavy atom. The molecule has 2 heteroatoms. The molecule has 2 atom stereocenters. The highest BCUT2D eigenvalue weighted by Gasteiger charge is 2.41. The fraction of sp³-hybridized carbons (Fsp3) is 0.647. The van der Waals surface area contributed by atoms with Crippen molar-refractivity contribution in [2.75, 3.05) is 0 Å². The van der Waals surface area contributed by atoms with Crippen molar-refractivity contribution in [3.05, 3.63) is 35.1 Å². The van der Waals surface area contributed by atoms with Gasteiger partial charge in [-0.25, -0.2) is 4.39 Å². The van der Waals surface area contributed by atoms with Crippen LogP contribution < -0.4 is 0 Å². The average Bonchev–Trinajstić information content (AvgIpc) is 2.19. The number of rotatable bonds is 2. The van der Waals surface area contributed by atoms with E-state index in [1.807, 2.05) is 6.92 Å². The van der Waals surface area contributed by atoms with Crippen LogP contribution in [0, 0.1) is 24.1 Å². The molecule has 1 aliphatic rings. The molecule has 0 amide bonds. The average molecular weight is 264 g/mol. The topological polar surface area (TPSA) is 20.2 Å². The fourth-order valence-electron chi connectivity index (χ4n) is 4.02. The fourth-order valence-corrected chi connectivity index (χ4v) is 4.02. The first-order valence-corrected chi connectivity index (χ1v) is 7.17. The van der Waals surface area contributed by atoms with E-state index in [0.29, 0.717) is 12.3 Å². The highest BCUT2D eigenvalue weighted by atomic mass is 19.1. The van der Waals surface area contributed by atoms with Crippen LogP contribution in [-0.4, -0.2) is 10.7 Å². The molecule has 0 heterocycles. The standard InChI is InChI=1S/C17H25FO/c1-12-8-16(3,4)11-17(19,9-12)10-14-7-15(18)6-5-13(14)2/h5-7,12,19H,8-11H2,1-4H3. The van der Waals surface area contributed by atoms with E-state index in [-0.39, 0.29) is 11.2 Å². The molecule has 0 aliphatic heterocycles. The molecule has 1 nitrogen and oxygen atoms in total. The quantitative estimate of drug-likeness (QED) is 0.846. The van der Waals surface area contributed by atoms with E-state index >= 15 is 0 Å². The Kier molecular flexibility index (Phi) is 3.74. The monoisotopic (exact) mass is 264 g/mol. The van der Waals surface area contributed by atoms with Crippen molar-refractivity contribution >= 4 is 0 Å². The van der Waals surface area contributed by atoms with E-state index in [9.17, 15) is 9.50 Å². The zero-order valence-electron chi connectivity index (χ0n) is 12.5. The van der Waals surface area contributed by atoms with Crippen molar-refractivity contribution in [2.45, 2.75) is 59.0 Å². The van der Waals surface area contributed by atoms with Gasteiger partial charge in [-0.15, -0.1) is 0 Å². The third-order valence-corrected chi connectivity index (χ3v) is 4.27. The number of aliphatic hydroxyl groups is 1. The Hall–Kier alpha value is -0.890. The summed E-state index contributed by atoms with van der Waals surface area (Å²) in [6.45, 7) is 8.61. The third kappa shape index (κ3) is 3.56. The van der Waals surface area contributed by atoms with Crippen LogP contribution in [0.1, 0.15) is 51.2 Å². The predicted molar refractivity (Wildman–Crippen MR) is 76.6 cm³/mol. The van der Waals surface area contributed by atoms with Gasteiger partial charge in [0.2, 0.25) is 0 Å². The van der Waals surface area contributed by atoms with Gasteiger partial charge in [0.25, 0.3) is 0 Å². The van der Waals surface area contributed by atoms with Crippen molar-refractivity contribution in [1.29, 1.82) is 0 Å². The largest absolute Gasteiger partial charge is 0.390 e. The van der Waals surface area contributed by atoms with E-state index in [0.717, 1.165) is 30.4 Å². The number of aryl methyl sites for hydroxylation is 1. The lowest BCUT2D eigenvalue weighted by Crippen LogP contribution is -2.43. The molecule has 1 saturated carbocycles. The van der Waals surface area contributed by atoms with Gasteiger partial charge < -0.3 is 5.11 Å². The number of hydrogen-bond donors (Lipinski definition) is 1. The normalized spacial score (nSPS) is 30.3. The van der Waals surface area contributed by atoms with Gasteiger partial charge in [-0.1, -0.05) is 26.8 Å². The summed E-state index contributed by atoms with van der Waals surface area (Å²) in [7, 11) is 0. The molecule has 1 aromatic rings. The van der Waals surface area contributed by atoms with E-state index in [1.54, 1.807) is 12.1 Å². The maximum Gasteiger partial charge on any atom is 0.123 e. The molecule has 1 aromatic carbocycles. The summed E-state index contributed by atoms with van der Waals surface area (Å²) in [6, 6.07) is 4.85. The molecule has 106 valence electrons. The van der Waals surface area contributed by atoms with Gasteiger partial charge in [0.1, 0.15) is 5.82 Å². The van der Waals surface area contributed by atoms with Crippen LogP contribution in [0.5, 0.6) is 0 Å². The zero-order chi connectivity index (χ0) is 14.3. The smallest absolute Gasteiger partial charge is 0.123 e. The van der Waals surface area contributed by atoms with Gasteiger partial charge in [-0.3, -0.25) is 0 Å². The molecule has 1 fully saturated rings. The summed E-state index contributed by atoms with van der Waals surface area (Å²) in [5, 5.41) is 10.9. The van der Waals surface area contributed by atoms with E-state index in [4.69, 9.17) is 0 Å². The zero-order valence-corrected chi connectivity index (χ0v) is 12.5. The first-order chi connectivity index (χ1) is 8.69. The van der Waals surface area contributed by atoms with Crippen LogP contribution >= 0.6 is 0 Å². The van der Waals surface area contributed by atoms with Crippen LogP contribution in [0.3, 0.4) is 0 Å². The molecular weight excluding hydrogens is 239 g/mol. The lowest BCUT2D eigenvalue weighted by Gasteiger charge is -2.45. The maximum atomic E-state index is 13.4. The van der Waals surface area contributed by atoms with E-state index in [1.165, 1.54) is 6.07 Å². The van der Waals surface area contributed by atoms with Gasteiger partial charge in [0.05, 0.1) is 5.60 Å². The van der Waals surface area contributed by atoms with E-state index in [2.05, 4.69) is 20.8 Å². The Morgan fingerprint density at radius 1 is 1.32 bits per heavy atom. The van der Waals surface area contributed by atoms with Crippen LogP contribution in [-0.2, 0) is 6.42 Å². The number of hydrogen-bond acceptors (Lipinski definition) is 1. The first-order valence-electron chi connectivity index (χ1n) is 7.17. The highest BCUT2D eigenvalue weighted by molar-refractivity contribution is 5.28. The Morgan fingerprint density at radius 3 is 2.63 bits per heavy atom. The Balaban J connectivity index is 2.23. The minimum atomic E-state index is -0.695. The van der Waals surface area contributed by atoms with Crippen molar-refractivity contribution in [2.24, 2.45) is 11.3 Å². The van der Waals surface area contributed by atoms with Gasteiger partial charge in [0.15, 0.2) is 0 Å². The number of halogens is 1. The lowest BCUT2D eigenvalue weighted by atomic mass is 9.64. The second-order valence-corrected chi connectivity index (χ2v) is 7.33. The Bertz CT molecular complexity index is 466. The van der Waals surface area contributed by atoms with Gasteiger partial charge in [-0.05, 0) is 60.8 Å².